The minimum absolute atomic E-state index is 1.11. The first-order chi connectivity index (χ1) is 9.93. The highest BCUT2D eigenvalue weighted by atomic mass is 15.3. The Morgan fingerprint density at radius 2 is 1.35 bits per heavy atom. The van der Waals surface area contributed by atoms with Gasteiger partial charge in [-0.05, 0) is 16.2 Å². The summed E-state index contributed by atoms with van der Waals surface area (Å²) < 4.78 is 1.79. The van der Waals surface area contributed by atoms with Crippen LogP contribution in [0.2, 0.25) is 0 Å². The molecule has 20 heavy (non-hydrogen) atoms. The molecular weight excluding hydrogens is 244 g/mol. The van der Waals surface area contributed by atoms with Gasteiger partial charge in [-0.25, -0.2) is 0 Å². The topological polar surface area (TPSA) is 16.2 Å². The van der Waals surface area contributed by atoms with Crippen LogP contribution in [-0.4, -0.2) is 6.21 Å². The van der Waals surface area contributed by atoms with Gasteiger partial charge in [0.2, 0.25) is 12.4 Å². The van der Waals surface area contributed by atoms with Crippen LogP contribution in [0.3, 0.4) is 0 Å². The van der Waals surface area contributed by atoms with Gasteiger partial charge in [0.25, 0.3) is 0 Å². The molecule has 2 nitrogen and oxygen atoms in total. The summed E-state index contributed by atoms with van der Waals surface area (Å²) in [6.45, 7) is 0. The second-order valence-electron chi connectivity index (χ2n) is 4.45. The van der Waals surface area contributed by atoms with Crippen molar-refractivity contribution in [2.24, 2.45) is 5.10 Å². The summed E-state index contributed by atoms with van der Waals surface area (Å²) in [7, 11) is 0. The standard InChI is InChI=1S/C18H15N2/c1-3-9-16(10-4-1)18-12-6-5-11-17(18)15-19-20-13-7-2-8-14-20/h1-15H/q+1/b19-15+. The van der Waals surface area contributed by atoms with Gasteiger partial charge in [-0.1, -0.05) is 65.3 Å². The van der Waals surface area contributed by atoms with E-state index in [0.29, 0.717) is 0 Å². The van der Waals surface area contributed by atoms with Crippen LogP contribution in [0.25, 0.3) is 11.1 Å². The SMILES string of the molecule is C(=N\[n+]1ccccc1)/c1ccccc1-c1ccccc1. The summed E-state index contributed by atoms with van der Waals surface area (Å²) in [6.07, 6.45) is 5.73. The van der Waals surface area contributed by atoms with Crippen LogP contribution < -0.4 is 4.68 Å². The van der Waals surface area contributed by atoms with Crippen molar-refractivity contribution in [2.75, 3.05) is 0 Å². The predicted octanol–water partition coefficient (Wildman–Crippen LogP) is 3.52. The predicted molar refractivity (Wildman–Crippen MR) is 81.5 cm³/mol. The number of aromatic nitrogens is 1. The largest absolute Gasteiger partial charge is 0.202 e. The molecule has 0 bridgehead atoms. The van der Waals surface area contributed by atoms with E-state index in [-0.39, 0.29) is 0 Å². The van der Waals surface area contributed by atoms with Crippen molar-refractivity contribution >= 4 is 6.21 Å². The molecule has 0 fully saturated rings. The molecule has 2 aromatic carbocycles. The van der Waals surface area contributed by atoms with E-state index in [9.17, 15) is 0 Å². The van der Waals surface area contributed by atoms with Crippen LogP contribution >= 0.6 is 0 Å². The molecule has 2 heteroatoms. The van der Waals surface area contributed by atoms with E-state index in [1.165, 1.54) is 11.1 Å². The van der Waals surface area contributed by atoms with Gasteiger partial charge in [0, 0.05) is 17.7 Å². The van der Waals surface area contributed by atoms with Crippen molar-refractivity contribution in [3.8, 4) is 11.1 Å². The van der Waals surface area contributed by atoms with E-state index in [1.807, 2.05) is 48.9 Å². The van der Waals surface area contributed by atoms with Crippen LogP contribution in [0.5, 0.6) is 0 Å². The summed E-state index contributed by atoms with van der Waals surface area (Å²) in [4.78, 5) is 0. The smallest absolute Gasteiger partial charge is 0.0622 e. The van der Waals surface area contributed by atoms with Gasteiger partial charge in [0.15, 0.2) is 0 Å². The molecule has 0 radical (unpaired) electrons. The molecule has 96 valence electrons. The minimum Gasteiger partial charge on any atom is -0.0622 e. The number of rotatable bonds is 3. The van der Waals surface area contributed by atoms with Crippen molar-refractivity contribution in [1.82, 2.24) is 0 Å². The molecule has 3 aromatic rings. The first-order valence-corrected chi connectivity index (χ1v) is 6.58. The first kappa shape index (κ1) is 12.3. The summed E-state index contributed by atoms with van der Waals surface area (Å²) in [5, 5.41) is 4.45. The zero-order valence-electron chi connectivity index (χ0n) is 11.1. The molecule has 0 aliphatic heterocycles. The zero-order valence-corrected chi connectivity index (χ0v) is 11.1. The van der Waals surface area contributed by atoms with Gasteiger partial charge in [0.05, 0.1) is 0 Å². The maximum Gasteiger partial charge on any atom is 0.202 e. The molecule has 0 saturated heterocycles. The van der Waals surface area contributed by atoms with Gasteiger partial charge < -0.3 is 0 Å². The summed E-state index contributed by atoms with van der Waals surface area (Å²) >= 11 is 0. The average Bonchev–Trinajstić information content (AvgIpc) is 2.55. The van der Waals surface area contributed by atoms with E-state index >= 15 is 0 Å². The van der Waals surface area contributed by atoms with Crippen molar-refractivity contribution in [2.45, 2.75) is 0 Å². The zero-order chi connectivity index (χ0) is 13.6. The van der Waals surface area contributed by atoms with Gasteiger partial charge >= 0.3 is 0 Å². The molecule has 0 spiro atoms. The molecule has 0 amide bonds. The summed E-state index contributed by atoms with van der Waals surface area (Å²) in [6, 6.07) is 24.5. The number of hydrogen-bond donors (Lipinski definition) is 0. The number of benzene rings is 2. The maximum atomic E-state index is 4.45. The van der Waals surface area contributed by atoms with Crippen LogP contribution in [0, 0.1) is 0 Å². The Balaban J connectivity index is 1.97. The third kappa shape index (κ3) is 2.81. The first-order valence-electron chi connectivity index (χ1n) is 6.58. The molecule has 0 saturated carbocycles. The summed E-state index contributed by atoms with van der Waals surface area (Å²) in [5.41, 5.74) is 3.50. The van der Waals surface area contributed by atoms with Crippen LogP contribution in [0.4, 0.5) is 0 Å². The van der Waals surface area contributed by atoms with Gasteiger partial charge in [-0.2, -0.15) is 0 Å². The third-order valence-electron chi connectivity index (χ3n) is 3.08. The van der Waals surface area contributed by atoms with Crippen LogP contribution in [-0.2, 0) is 0 Å². The highest BCUT2D eigenvalue weighted by Crippen LogP contribution is 2.21. The third-order valence-corrected chi connectivity index (χ3v) is 3.08. The Labute approximate surface area is 118 Å². The van der Waals surface area contributed by atoms with E-state index in [4.69, 9.17) is 0 Å². The molecule has 0 aliphatic rings. The van der Waals surface area contributed by atoms with E-state index in [1.54, 1.807) is 4.68 Å². The Bertz CT molecular complexity index is 704. The molecule has 1 heterocycles. The normalized spacial score (nSPS) is 10.8. The van der Waals surface area contributed by atoms with Gasteiger partial charge in [-0.3, -0.25) is 0 Å². The fraction of sp³-hybridized carbons (Fsp3) is 0. The maximum absolute atomic E-state index is 4.45. The van der Waals surface area contributed by atoms with Crippen molar-refractivity contribution < 1.29 is 4.68 Å². The fourth-order valence-electron chi connectivity index (χ4n) is 2.09. The lowest BCUT2D eigenvalue weighted by Gasteiger charge is -2.04. The molecule has 1 aromatic heterocycles. The number of pyridine rings is 1. The van der Waals surface area contributed by atoms with Crippen molar-refractivity contribution in [3.05, 3.63) is 90.8 Å². The molecule has 0 atom stereocenters. The minimum atomic E-state index is 1.11. The van der Waals surface area contributed by atoms with Crippen LogP contribution in [0.15, 0.2) is 90.3 Å². The second kappa shape index (κ2) is 5.93. The Morgan fingerprint density at radius 3 is 2.15 bits per heavy atom. The molecule has 0 N–H and O–H groups in total. The molecule has 0 aliphatic carbocycles. The highest BCUT2D eigenvalue weighted by Gasteiger charge is 2.03. The molecular formula is C18H15N2+. The molecule has 3 rings (SSSR count). The lowest BCUT2D eigenvalue weighted by molar-refractivity contribution is -0.678. The lowest BCUT2D eigenvalue weighted by Crippen LogP contribution is -2.25. The average molecular weight is 259 g/mol. The van der Waals surface area contributed by atoms with E-state index in [0.717, 1.165) is 5.56 Å². The van der Waals surface area contributed by atoms with Gasteiger partial charge in [0.1, 0.15) is 6.21 Å². The molecule has 0 unspecified atom stereocenters. The number of nitrogens with zero attached hydrogens (tertiary/aromatic N) is 2. The Morgan fingerprint density at radius 1 is 0.700 bits per heavy atom. The summed E-state index contributed by atoms with van der Waals surface area (Å²) in [5.74, 6) is 0. The van der Waals surface area contributed by atoms with E-state index in [2.05, 4.69) is 47.6 Å². The quantitative estimate of drug-likeness (QED) is 0.505. The number of hydrogen-bond acceptors (Lipinski definition) is 1. The Hall–Kier alpha value is -2.74. The van der Waals surface area contributed by atoms with E-state index < -0.39 is 0 Å². The van der Waals surface area contributed by atoms with Crippen molar-refractivity contribution in [1.29, 1.82) is 0 Å². The fourth-order valence-corrected chi connectivity index (χ4v) is 2.09. The van der Waals surface area contributed by atoms with Gasteiger partial charge in [-0.15, -0.1) is 0 Å². The second-order valence-corrected chi connectivity index (χ2v) is 4.45. The van der Waals surface area contributed by atoms with Crippen LogP contribution in [0.1, 0.15) is 5.56 Å². The Kier molecular flexibility index (Phi) is 3.65. The monoisotopic (exact) mass is 259 g/mol. The lowest BCUT2D eigenvalue weighted by atomic mass is 10.0. The highest BCUT2D eigenvalue weighted by molar-refractivity contribution is 5.89. The van der Waals surface area contributed by atoms with Crippen molar-refractivity contribution in [3.63, 3.8) is 0 Å².